The SMILES string of the molecule is C#CCNC(=O)c1ccc(OC(F)F)c(OC)c1. The second kappa shape index (κ2) is 6.45. The van der Waals surface area contributed by atoms with Crippen LogP contribution in [0.5, 0.6) is 11.5 Å². The number of carbonyl (C=O) groups is 1. The average Bonchev–Trinajstić information content (AvgIpc) is 2.35. The van der Waals surface area contributed by atoms with Gasteiger partial charge in [-0.3, -0.25) is 4.79 Å². The van der Waals surface area contributed by atoms with Gasteiger partial charge in [-0.2, -0.15) is 8.78 Å². The van der Waals surface area contributed by atoms with Gasteiger partial charge in [0, 0.05) is 5.56 Å². The quantitative estimate of drug-likeness (QED) is 0.814. The lowest BCUT2D eigenvalue weighted by Gasteiger charge is -2.11. The van der Waals surface area contributed by atoms with Crippen molar-refractivity contribution in [2.45, 2.75) is 6.61 Å². The fourth-order valence-corrected chi connectivity index (χ4v) is 1.24. The second-order valence-electron chi connectivity index (χ2n) is 3.13. The fourth-order valence-electron chi connectivity index (χ4n) is 1.24. The third-order valence-corrected chi connectivity index (χ3v) is 1.99. The van der Waals surface area contributed by atoms with Gasteiger partial charge < -0.3 is 14.8 Å². The number of alkyl halides is 2. The molecule has 0 aliphatic rings. The summed E-state index contributed by atoms with van der Waals surface area (Å²) in [5, 5.41) is 2.44. The zero-order chi connectivity index (χ0) is 13.5. The molecule has 0 atom stereocenters. The van der Waals surface area contributed by atoms with Crippen LogP contribution < -0.4 is 14.8 Å². The van der Waals surface area contributed by atoms with Crippen molar-refractivity contribution in [3.63, 3.8) is 0 Å². The van der Waals surface area contributed by atoms with Gasteiger partial charge in [-0.15, -0.1) is 6.42 Å². The second-order valence-corrected chi connectivity index (χ2v) is 3.13. The Morgan fingerprint density at radius 3 is 2.78 bits per heavy atom. The molecule has 0 spiro atoms. The number of carbonyl (C=O) groups excluding carboxylic acids is 1. The predicted octanol–water partition coefficient (Wildman–Crippen LogP) is 1.66. The number of hydrogen-bond acceptors (Lipinski definition) is 3. The van der Waals surface area contributed by atoms with E-state index >= 15 is 0 Å². The van der Waals surface area contributed by atoms with Gasteiger partial charge in [0.25, 0.3) is 5.91 Å². The van der Waals surface area contributed by atoms with Crippen LogP contribution in [0.4, 0.5) is 8.78 Å². The first-order valence-electron chi connectivity index (χ1n) is 4.93. The van der Waals surface area contributed by atoms with E-state index in [1.54, 1.807) is 0 Å². The average molecular weight is 255 g/mol. The Morgan fingerprint density at radius 2 is 2.22 bits per heavy atom. The van der Waals surface area contributed by atoms with E-state index in [2.05, 4.69) is 16.0 Å². The van der Waals surface area contributed by atoms with Crippen molar-refractivity contribution in [1.82, 2.24) is 5.32 Å². The Bertz CT molecular complexity index is 469. The van der Waals surface area contributed by atoms with E-state index in [0.29, 0.717) is 0 Å². The molecule has 0 aromatic heterocycles. The van der Waals surface area contributed by atoms with Crippen LogP contribution in [0, 0.1) is 12.3 Å². The maximum absolute atomic E-state index is 12.1. The number of halogens is 2. The summed E-state index contributed by atoms with van der Waals surface area (Å²) in [6.45, 7) is -2.88. The molecule has 0 aliphatic carbocycles. The lowest BCUT2D eigenvalue weighted by molar-refractivity contribution is -0.0512. The summed E-state index contributed by atoms with van der Waals surface area (Å²) < 4.78 is 33.3. The topological polar surface area (TPSA) is 47.6 Å². The molecule has 18 heavy (non-hydrogen) atoms. The largest absolute Gasteiger partial charge is 0.493 e. The molecule has 6 heteroatoms. The summed E-state index contributed by atoms with van der Waals surface area (Å²) in [5.41, 5.74) is 0.240. The van der Waals surface area contributed by atoms with Gasteiger partial charge in [-0.05, 0) is 18.2 Å². The van der Waals surface area contributed by atoms with Crippen LogP contribution in [-0.4, -0.2) is 26.2 Å². The molecular formula is C12H11F2NO3. The molecule has 1 N–H and O–H groups in total. The highest BCUT2D eigenvalue weighted by molar-refractivity contribution is 5.95. The van der Waals surface area contributed by atoms with Crippen molar-refractivity contribution in [2.24, 2.45) is 0 Å². The third-order valence-electron chi connectivity index (χ3n) is 1.99. The van der Waals surface area contributed by atoms with Crippen molar-refractivity contribution >= 4 is 5.91 Å². The molecule has 4 nitrogen and oxygen atoms in total. The number of benzene rings is 1. The monoisotopic (exact) mass is 255 g/mol. The molecule has 1 amide bonds. The molecule has 0 saturated heterocycles. The first-order valence-corrected chi connectivity index (χ1v) is 4.93. The highest BCUT2D eigenvalue weighted by Gasteiger charge is 2.13. The number of rotatable bonds is 5. The molecule has 1 aromatic carbocycles. The molecule has 0 heterocycles. The molecule has 0 saturated carbocycles. The molecule has 0 unspecified atom stereocenters. The maximum Gasteiger partial charge on any atom is 0.387 e. The van der Waals surface area contributed by atoms with Gasteiger partial charge in [-0.25, -0.2) is 0 Å². The summed E-state index contributed by atoms with van der Waals surface area (Å²) in [6.07, 6.45) is 5.00. The van der Waals surface area contributed by atoms with Gasteiger partial charge in [0.1, 0.15) is 0 Å². The van der Waals surface area contributed by atoms with Gasteiger partial charge in [0.2, 0.25) is 0 Å². The van der Waals surface area contributed by atoms with Gasteiger partial charge >= 0.3 is 6.61 Å². The minimum Gasteiger partial charge on any atom is -0.493 e. The molecule has 1 aromatic rings. The lowest BCUT2D eigenvalue weighted by atomic mass is 10.2. The highest BCUT2D eigenvalue weighted by atomic mass is 19.3. The van der Waals surface area contributed by atoms with Crippen molar-refractivity contribution in [3.05, 3.63) is 23.8 Å². The van der Waals surface area contributed by atoms with Gasteiger partial charge in [0.05, 0.1) is 13.7 Å². The van der Waals surface area contributed by atoms with Crippen molar-refractivity contribution < 1.29 is 23.0 Å². The Kier molecular flexibility index (Phi) is 4.93. The number of hydrogen-bond donors (Lipinski definition) is 1. The van der Waals surface area contributed by atoms with Crippen molar-refractivity contribution in [2.75, 3.05) is 13.7 Å². The lowest BCUT2D eigenvalue weighted by Crippen LogP contribution is -2.23. The van der Waals surface area contributed by atoms with E-state index in [1.165, 1.54) is 25.3 Å². The first kappa shape index (κ1) is 13.8. The van der Waals surface area contributed by atoms with E-state index in [4.69, 9.17) is 11.2 Å². The molecule has 1 rings (SSSR count). The Hall–Kier alpha value is -2.29. The molecule has 0 bridgehead atoms. The third kappa shape index (κ3) is 3.63. The molecule has 0 radical (unpaired) electrons. The summed E-state index contributed by atoms with van der Waals surface area (Å²) in [6, 6.07) is 3.87. The molecular weight excluding hydrogens is 244 g/mol. The summed E-state index contributed by atoms with van der Waals surface area (Å²) in [7, 11) is 1.29. The van der Waals surface area contributed by atoms with Crippen LogP contribution in [0.25, 0.3) is 0 Å². The number of amides is 1. The highest BCUT2D eigenvalue weighted by Crippen LogP contribution is 2.29. The van der Waals surface area contributed by atoms with Crippen molar-refractivity contribution in [3.8, 4) is 23.8 Å². The van der Waals surface area contributed by atoms with Crippen LogP contribution in [0.15, 0.2) is 18.2 Å². The van der Waals surface area contributed by atoms with E-state index in [9.17, 15) is 13.6 Å². The minimum absolute atomic E-state index is 0.0451. The van der Waals surface area contributed by atoms with E-state index < -0.39 is 12.5 Å². The van der Waals surface area contributed by atoms with Crippen LogP contribution >= 0.6 is 0 Å². The standard InChI is InChI=1S/C12H11F2NO3/c1-3-6-15-11(16)8-4-5-9(18-12(13)14)10(7-8)17-2/h1,4-5,7,12H,6H2,2H3,(H,15,16). The van der Waals surface area contributed by atoms with Gasteiger partial charge in [0.15, 0.2) is 11.5 Å². The zero-order valence-electron chi connectivity index (χ0n) is 9.57. The molecule has 0 aliphatic heterocycles. The Balaban J connectivity index is 2.91. The zero-order valence-corrected chi connectivity index (χ0v) is 9.57. The number of terminal acetylenes is 1. The summed E-state index contributed by atoms with van der Waals surface area (Å²) >= 11 is 0. The summed E-state index contributed by atoms with van der Waals surface area (Å²) in [5.74, 6) is 1.73. The molecule has 0 fully saturated rings. The predicted molar refractivity (Wildman–Crippen MR) is 60.8 cm³/mol. The number of ether oxygens (including phenoxy) is 2. The maximum atomic E-state index is 12.1. The van der Waals surface area contributed by atoms with E-state index in [-0.39, 0.29) is 23.6 Å². The number of nitrogens with one attached hydrogen (secondary N) is 1. The minimum atomic E-state index is -2.96. The summed E-state index contributed by atoms with van der Waals surface area (Å²) in [4.78, 5) is 11.6. The van der Waals surface area contributed by atoms with Crippen LogP contribution in [-0.2, 0) is 0 Å². The van der Waals surface area contributed by atoms with Gasteiger partial charge in [-0.1, -0.05) is 5.92 Å². The first-order chi connectivity index (χ1) is 8.58. The van der Waals surface area contributed by atoms with E-state index in [1.807, 2.05) is 0 Å². The molecule has 96 valence electrons. The van der Waals surface area contributed by atoms with E-state index in [0.717, 1.165) is 0 Å². The number of methoxy groups -OCH3 is 1. The van der Waals surface area contributed by atoms with Crippen LogP contribution in [0.3, 0.4) is 0 Å². The normalized spacial score (nSPS) is 9.72. The Morgan fingerprint density at radius 1 is 1.50 bits per heavy atom. The van der Waals surface area contributed by atoms with Crippen LogP contribution in [0.1, 0.15) is 10.4 Å². The van der Waals surface area contributed by atoms with Crippen molar-refractivity contribution in [1.29, 1.82) is 0 Å². The smallest absolute Gasteiger partial charge is 0.387 e. The fraction of sp³-hybridized carbons (Fsp3) is 0.250. The van der Waals surface area contributed by atoms with Crippen LogP contribution in [0.2, 0.25) is 0 Å². The Labute approximate surface area is 103 Å².